The Balaban J connectivity index is 1.59. The standard InChI is InChI=1S/C13H24N2S/c1-2-9-15(12-3-4-12)10-11-16-13-5-7-14-8-6-13/h2,12-14H,1,3-11H2. The molecule has 1 heterocycles. The fourth-order valence-electron chi connectivity index (χ4n) is 2.33. The van der Waals surface area contributed by atoms with Gasteiger partial charge < -0.3 is 5.32 Å². The van der Waals surface area contributed by atoms with Crippen LogP contribution in [0.1, 0.15) is 25.7 Å². The third kappa shape index (κ3) is 4.11. The van der Waals surface area contributed by atoms with Gasteiger partial charge in [0.15, 0.2) is 0 Å². The van der Waals surface area contributed by atoms with Crippen molar-refractivity contribution in [1.82, 2.24) is 10.2 Å². The molecule has 1 saturated heterocycles. The van der Waals surface area contributed by atoms with E-state index in [2.05, 4.69) is 28.6 Å². The van der Waals surface area contributed by atoms with E-state index < -0.39 is 0 Å². The Labute approximate surface area is 104 Å². The van der Waals surface area contributed by atoms with Crippen LogP contribution in [0.15, 0.2) is 12.7 Å². The fraction of sp³-hybridized carbons (Fsp3) is 0.846. The smallest absolute Gasteiger partial charge is 0.0163 e. The predicted octanol–water partition coefficient (Wildman–Crippen LogP) is 2.12. The molecule has 0 unspecified atom stereocenters. The first-order valence-corrected chi connectivity index (χ1v) is 7.62. The zero-order valence-corrected chi connectivity index (χ0v) is 11.0. The molecule has 1 N–H and O–H groups in total. The third-order valence-electron chi connectivity index (χ3n) is 3.45. The maximum atomic E-state index is 3.85. The molecule has 0 atom stereocenters. The number of nitrogens with one attached hydrogen (secondary N) is 1. The quantitative estimate of drug-likeness (QED) is 0.686. The van der Waals surface area contributed by atoms with E-state index in [0.717, 1.165) is 17.8 Å². The second-order valence-electron chi connectivity index (χ2n) is 4.83. The highest BCUT2D eigenvalue weighted by Crippen LogP contribution is 2.27. The van der Waals surface area contributed by atoms with E-state index in [-0.39, 0.29) is 0 Å². The Kier molecular flexibility index (Phi) is 5.20. The van der Waals surface area contributed by atoms with Crippen molar-refractivity contribution in [2.75, 3.05) is 31.9 Å². The molecule has 0 aromatic rings. The van der Waals surface area contributed by atoms with Gasteiger partial charge in [-0.25, -0.2) is 0 Å². The number of rotatable bonds is 7. The van der Waals surface area contributed by atoms with Crippen LogP contribution in [0.5, 0.6) is 0 Å². The van der Waals surface area contributed by atoms with E-state index in [0.29, 0.717) is 0 Å². The molecule has 0 aromatic heterocycles. The Bertz CT molecular complexity index is 210. The van der Waals surface area contributed by atoms with Gasteiger partial charge in [-0.15, -0.1) is 6.58 Å². The lowest BCUT2D eigenvalue weighted by Crippen LogP contribution is -2.31. The van der Waals surface area contributed by atoms with E-state index >= 15 is 0 Å². The van der Waals surface area contributed by atoms with Crippen LogP contribution in [0, 0.1) is 0 Å². The Hall–Kier alpha value is 0.01000. The van der Waals surface area contributed by atoms with Gasteiger partial charge in [0.25, 0.3) is 0 Å². The molecule has 0 amide bonds. The second-order valence-corrected chi connectivity index (χ2v) is 6.24. The monoisotopic (exact) mass is 240 g/mol. The van der Waals surface area contributed by atoms with Crippen molar-refractivity contribution in [1.29, 1.82) is 0 Å². The largest absolute Gasteiger partial charge is 0.317 e. The van der Waals surface area contributed by atoms with E-state index in [9.17, 15) is 0 Å². The number of nitrogens with zero attached hydrogens (tertiary/aromatic N) is 1. The highest BCUT2D eigenvalue weighted by Gasteiger charge is 2.27. The van der Waals surface area contributed by atoms with Crippen molar-refractivity contribution in [3.05, 3.63) is 12.7 Å². The lowest BCUT2D eigenvalue weighted by Gasteiger charge is -2.24. The third-order valence-corrected chi connectivity index (χ3v) is 4.81. The molecular weight excluding hydrogens is 216 g/mol. The summed E-state index contributed by atoms with van der Waals surface area (Å²) in [6.45, 7) is 8.63. The maximum absolute atomic E-state index is 3.85. The number of thioether (sulfide) groups is 1. The highest BCUT2D eigenvalue weighted by molar-refractivity contribution is 7.99. The molecule has 0 radical (unpaired) electrons. The summed E-state index contributed by atoms with van der Waals surface area (Å²) in [6.07, 6.45) is 7.58. The van der Waals surface area contributed by atoms with Gasteiger partial charge in [-0.2, -0.15) is 11.8 Å². The van der Waals surface area contributed by atoms with Gasteiger partial charge in [0.2, 0.25) is 0 Å². The first-order chi connectivity index (χ1) is 7.90. The van der Waals surface area contributed by atoms with Crippen LogP contribution < -0.4 is 5.32 Å². The molecule has 16 heavy (non-hydrogen) atoms. The first kappa shape index (κ1) is 12.5. The summed E-state index contributed by atoms with van der Waals surface area (Å²) in [5, 5.41) is 4.33. The van der Waals surface area contributed by atoms with E-state index in [4.69, 9.17) is 0 Å². The molecule has 3 heteroatoms. The minimum atomic E-state index is 0.881. The summed E-state index contributed by atoms with van der Waals surface area (Å²) in [5.41, 5.74) is 0. The molecular formula is C13H24N2S. The lowest BCUT2D eigenvalue weighted by atomic mass is 10.2. The van der Waals surface area contributed by atoms with Gasteiger partial charge in [0.1, 0.15) is 0 Å². The molecule has 2 fully saturated rings. The number of hydrogen-bond donors (Lipinski definition) is 1. The molecule has 1 aliphatic carbocycles. The normalized spacial score (nSPS) is 22.6. The van der Waals surface area contributed by atoms with Crippen molar-refractivity contribution in [2.45, 2.75) is 37.0 Å². The summed E-state index contributed by atoms with van der Waals surface area (Å²) in [4.78, 5) is 2.60. The van der Waals surface area contributed by atoms with Crippen LogP contribution in [0.25, 0.3) is 0 Å². The second kappa shape index (κ2) is 6.67. The van der Waals surface area contributed by atoms with E-state index in [1.807, 2.05) is 6.08 Å². The first-order valence-electron chi connectivity index (χ1n) is 6.57. The van der Waals surface area contributed by atoms with E-state index in [1.54, 1.807) is 0 Å². The van der Waals surface area contributed by atoms with Crippen LogP contribution in [0.3, 0.4) is 0 Å². The predicted molar refractivity (Wildman–Crippen MR) is 73.1 cm³/mol. The maximum Gasteiger partial charge on any atom is 0.0163 e. The van der Waals surface area contributed by atoms with Gasteiger partial charge in [0, 0.05) is 30.1 Å². The van der Waals surface area contributed by atoms with E-state index in [1.165, 1.54) is 51.1 Å². The van der Waals surface area contributed by atoms with Gasteiger partial charge in [0.05, 0.1) is 0 Å². The summed E-state index contributed by atoms with van der Waals surface area (Å²) in [7, 11) is 0. The Morgan fingerprint density at radius 3 is 2.62 bits per heavy atom. The van der Waals surface area contributed by atoms with Crippen LogP contribution in [-0.4, -0.2) is 48.1 Å². The minimum absolute atomic E-state index is 0.881. The van der Waals surface area contributed by atoms with Gasteiger partial charge in [-0.1, -0.05) is 6.08 Å². The van der Waals surface area contributed by atoms with Crippen LogP contribution >= 0.6 is 11.8 Å². The van der Waals surface area contributed by atoms with Crippen LogP contribution in [0.4, 0.5) is 0 Å². The van der Waals surface area contributed by atoms with Gasteiger partial charge in [-0.05, 0) is 38.8 Å². The molecule has 92 valence electrons. The molecule has 2 nitrogen and oxygen atoms in total. The molecule has 0 bridgehead atoms. The molecule has 2 aliphatic rings. The zero-order valence-electron chi connectivity index (χ0n) is 10.2. The lowest BCUT2D eigenvalue weighted by molar-refractivity contribution is 0.311. The number of hydrogen-bond acceptors (Lipinski definition) is 3. The summed E-state index contributed by atoms with van der Waals surface area (Å²) >= 11 is 2.18. The van der Waals surface area contributed by atoms with Crippen molar-refractivity contribution in [2.24, 2.45) is 0 Å². The molecule has 0 aromatic carbocycles. The van der Waals surface area contributed by atoms with Crippen molar-refractivity contribution in [3.63, 3.8) is 0 Å². The summed E-state index contributed by atoms with van der Waals surface area (Å²) in [5.74, 6) is 1.30. The molecule has 0 spiro atoms. The van der Waals surface area contributed by atoms with Gasteiger partial charge >= 0.3 is 0 Å². The highest BCUT2D eigenvalue weighted by atomic mass is 32.2. The molecule has 2 rings (SSSR count). The Morgan fingerprint density at radius 2 is 2.00 bits per heavy atom. The summed E-state index contributed by atoms with van der Waals surface area (Å²) in [6, 6.07) is 0.881. The minimum Gasteiger partial charge on any atom is -0.317 e. The van der Waals surface area contributed by atoms with Crippen LogP contribution in [0.2, 0.25) is 0 Å². The summed E-state index contributed by atoms with van der Waals surface area (Å²) < 4.78 is 0. The van der Waals surface area contributed by atoms with Crippen molar-refractivity contribution in [3.8, 4) is 0 Å². The fourth-order valence-corrected chi connectivity index (χ4v) is 3.57. The van der Waals surface area contributed by atoms with Gasteiger partial charge in [-0.3, -0.25) is 4.90 Å². The average Bonchev–Trinajstić information content (AvgIpc) is 3.13. The SMILES string of the molecule is C=CCN(CCSC1CCNCC1)C1CC1. The van der Waals surface area contributed by atoms with Crippen LogP contribution in [-0.2, 0) is 0 Å². The Morgan fingerprint density at radius 1 is 1.25 bits per heavy atom. The molecule has 1 aliphatic heterocycles. The topological polar surface area (TPSA) is 15.3 Å². The average molecular weight is 240 g/mol. The zero-order chi connectivity index (χ0) is 11.2. The molecule has 1 saturated carbocycles. The van der Waals surface area contributed by atoms with Crippen molar-refractivity contribution >= 4 is 11.8 Å². The van der Waals surface area contributed by atoms with Crippen molar-refractivity contribution < 1.29 is 0 Å². The number of piperidine rings is 1.